The van der Waals surface area contributed by atoms with Crippen LogP contribution in [0.1, 0.15) is 6.42 Å². The van der Waals surface area contributed by atoms with Gasteiger partial charge in [-0.3, -0.25) is 0 Å². The smallest absolute Gasteiger partial charge is 0.213 e. The lowest BCUT2D eigenvalue weighted by molar-refractivity contribution is 0.150. The first kappa shape index (κ1) is 10.7. The van der Waals surface area contributed by atoms with E-state index >= 15 is 0 Å². The number of pyridine rings is 1. The van der Waals surface area contributed by atoms with Crippen molar-refractivity contribution in [2.75, 3.05) is 19.8 Å². The van der Waals surface area contributed by atoms with Crippen LogP contribution in [0.2, 0.25) is 5.02 Å². The van der Waals surface area contributed by atoms with Crippen molar-refractivity contribution in [1.29, 1.82) is 0 Å². The Morgan fingerprint density at radius 3 is 3.07 bits per heavy atom. The number of hydrogen-bond acceptors (Lipinski definition) is 4. The summed E-state index contributed by atoms with van der Waals surface area (Å²) < 4.78 is 10.7. The SMILES string of the molecule is NC1(COc2ccc(Cl)cn2)CCOC1. The molecule has 0 spiro atoms. The number of aromatic nitrogens is 1. The third kappa shape index (κ3) is 2.81. The predicted octanol–water partition coefficient (Wildman–Crippen LogP) is 1.23. The van der Waals surface area contributed by atoms with Crippen molar-refractivity contribution in [2.45, 2.75) is 12.0 Å². The lowest BCUT2D eigenvalue weighted by Gasteiger charge is -2.21. The van der Waals surface area contributed by atoms with Crippen molar-refractivity contribution in [3.8, 4) is 5.88 Å². The Balaban J connectivity index is 1.90. The minimum atomic E-state index is -0.374. The Morgan fingerprint density at radius 2 is 2.47 bits per heavy atom. The Bertz CT molecular complexity index is 323. The van der Waals surface area contributed by atoms with Gasteiger partial charge in [-0.1, -0.05) is 11.6 Å². The zero-order valence-electron chi connectivity index (χ0n) is 8.28. The van der Waals surface area contributed by atoms with E-state index in [1.165, 1.54) is 0 Å². The second-order valence-corrected chi connectivity index (χ2v) is 4.20. The molecular weight excluding hydrogens is 216 g/mol. The molecular formula is C10H13ClN2O2. The number of hydrogen-bond donors (Lipinski definition) is 1. The van der Waals surface area contributed by atoms with E-state index in [-0.39, 0.29) is 5.54 Å². The van der Waals surface area contributed by atoms with E-state index in [0.717, 1.165) is 6.42 Å². The van der Waals surface area contributed by atoms with Gasteiger partial charge in [0.2, 0.25) is 5.88 Å². The fourth-order valence-electron chi connectivity index (χ4n) is 1.40. The second kappa shape index (κ2) is 4.35. The summed E-state index contributed by atoms with van der Waals surface area (Å²) in [6.45, 7) is 1.66. The fourth-order valence-corrected chi connectivity index (χ4v) is 1.51. The molecule has 1 aliphatic heterocycles. The van der Waals surface area contributed by atoms with Crippen molar-refractivity contribution >= 4 is 11.6 Å². The molecule has 0 aliphatic carbocycles. The van der Waals surface area contributed by atoms with E-state index in [4.69, 9.17) is 26.8 Å². The minimum Gasteiger partial charge on any atom is -0.476 e. The first-order valence-electron chi connectivity index (χ1n) is 4.79. The first-order valence-corrected chi connectivity index (χ1v) is 5.17. The molecule has 2 N–H and O–H groups in total. The van der Waals surface area contributed by atoms with E-state index in [9.17, 15) is 0 Å². The second-order valence-electron chi connectivity index (χ2n) is 3.77. The maximum absolute atomic E-state index is 6.03. The predicted molar refractivity (Wildman–Crippen MR) is 57.1 cm³/mol. The minimum absolute atomic E-state index is 0.374. The average molecular weight is 229 g/mol. The van der Waals surface area contributed by atoms with Gasteiger partial charge in [-0.2, -0.15) is 0 Å². The molecule has 15 heavy (non-hydrogen) atoms. The van der Waals surface area contributed by atoms with Gasteiger partial charge < -0.3 is 15.2 Å². The van der Waals surface area contributed by atoms with Crippen molar-refractivity contribution in [3.05, 3.63) is 23.4 Å². The summed E-state index contributed by atoms with van der Waals surface area (Å²) in [4.78, 5) is 4.02. The van der Waals surface area contributed by atoms with E-state index in [0.29, 0.717) is 30.7 Å². The van der Waals surface area contributed by atoms with Crippen LogP contribution < -0.4 is 10.5 Å². The molecule has 1 saturated heterocycles. The molecule has 1 aromatic rings. The highest BCUT2D eigenvalue weighted by atomic mass is 35.5. The van der Waals surface area contributed by atoms with E-state index in [1.807, 2.05) is 0 Å². The monoisotopic (exact) mass is 228 g/mol. The number of ether oxygens (including phenoxy) is 2. The summed E-state index contributed by atoms with van der Waals surface area (Å²) in [7, 11) is 0. The lowest BCUT2D eigenvalue weighted by atomic mass is 10.0. The number of nitrogens with two attached hydrogens (primary N) is 1. The molecule has 2 heterocycles. The summed E-state index contributed by atoms with van der Waals surface area (Å²) >= 11 is 5.70. The molecule has 0 aromatic carbocycles. The van der Waals surface area contributed by atoms with Gasteiger partial charge in [0.05, 0.1) is 17.2 Å². The third-order valence-corrected chi connectivity index (χ3v) is 2.57. The maximum Gasteiger partial charge on any atom is 0.213 e. The summed E-state index contributed by atoms with van der Waals surface area (Å²) in [6.07, 6.45) is 2.37. The lowest BCUT2D eigenvalue weighted by Crippen LogP contribution is -2.46. The standard InChI is InChI=1S/C10H13ClN2O2/c11-8-1-2-9(13-5-8)15-7-10(12)3-4-14-6-10/h1-2,5H,3-4,6-7,12H2. The summed E-state index contributed by atoms with van der Waals surface area (Å²) in [5.74, 6) is 0.538. The summed E-state index contributed by atoms with van der Waals surface area (Å²) in [5.41, 5.74) is 5.66. The van der Waals surface area contributed by atoms with Crippen LogP contribution in [0.25, 0.3) is 0 Å². The number of rotatable bonds is 3. The molecule has 1 fully saturated rings. The van der Waals surface area contributed by atoms with Gasteiger partial charge in [0.1, 0.15) is 6.61 Å². The molecule has 0 radical (unpaired) electrons. The van der Waals surface area contributed by atoms with Crippen LogP contribution in [0.5, 0.6) is 5.88 Å². The van der Waals surface area contributed by atoms with Crippen molar-refractivity contribution in [1.82, 2.24) is 4.98 Å². The number of nitrogens with zero attached hydrogens (tertiary/aromatic N) is 1. The van der Waals surface area contributed by atoms with Crippen LogP contribution in [0.4, 0.5) is 0 Å². The molecule has 0 amide bonds. The Hall–Kier alpha value is -0.840. The first-order chi connectivity index (χ1) is 7.18. The molecule has 1 aromatic heterocycles. The van der Waals surface area contributed by atoms with E-state index in [1.54, 1.807) is 18.3 Å². The van der Waals surface area contributed by atoms with Gasteiger partial charge in [0, 0.05) is 18.9 Å². The summed E-state index contributed by atoms with van der Waals surface area (Å²) in [5, 5.41) is 0.592. The molecule has 4 nitrogen and oxygen atoms in total. The normalized spacial score (nSPS) is 25.5. The fraction of sp³-hybridized carbons (Fsp3) is 0.500. The van der Waals surface area contributed by atoms with Gasteiger partial charge in [0.15, 0.2) is 0 Å². The molecule has 82 valence electrons. The highest BCUT2D eigenvalue weighted by Crippen LogP contribution is 2.18. The quantitative estimate of drug-likeness (QED) is 0.846. The van der Waals surface area contributed by atoms with Gasteiger partial charge in [0.25, 0.3) is 0 Å². The average Bonchev–Trinajstić information content (AvgIpc) is 2.65. The largest absolute Gasteiger partial charge is 0.476 e. The molecule has 5 heteroatoms. The van der Waals surface area contributed by atoms with Crippen LogP contribution in [0.3, 0.4) is 0 Å². The Kier molecular flexibility index (Phi) is 3.09. The highest BCUT2D eigenvalue weighted by molar-refractivity contribution is 6.30. The molecule has 1 atom stereocenters. The van der Waals surface area contributed by atoms with E-state index < -0.39 is 0 Å². The Morgan fingerprint density at radius 1 is 1.60 bits per heavy atom. The topological polar surface area (TPSA) is 57.4 Å². The van der Waals surface area contributed by atoms with Gasteiger partial charge in [-0.15, -0.1) is 0 Å². The highest BCUT2D eigenvalue weighted by Gasteiger charge is 2.31. The van der Waals surface area contributed by atoms with Crippen LogP contribution in [0, 0.1) is 0 Å². The van der Waals surface area contributed by atoms with Crippen LogP contribution >= 0.6 is 11.6 Å². The zero-order valence-corrected chi connectivity index (χ0v) is 9.04. The third-order valence-electron chi connectivity index (χ3n) is 2.34. The van der Waals surface area contributed by atoms with E-state index in [2.05, 4.69) is 4.98 Å². The van der Waals surface area contributed by atoms with Crippen LogP contribution in [-0.2, 0) is 4.74 Å². The molecule has 0 saturated carbocycles. The van der Waals surface area contributed by atoms with Crippen LogP contribution in [0.15, 0.2) is 18.3 Å². The molecule has 1 unspecified atom stereocenters. The number of halogens is 1. The van der Waals surface area contributed by atoms with Crippen molar-refractivity contribution in [3.63, 3.8) is 0 Å². The maximum atomic E-state index is 6.03. The van der Waals surface area contributed by atoms with Crippen molar-refractivity contribution in [2.24, 2.45) is 5.73 Å². The summed E-state index contributed by atoms with van der Waals surface area (Å²) in [6, 6.07) is 3.46. The zero-order chi connectivity index (χ0) is 10.7. The molecule has 1 aliphatic rings. The Labute approximate surface area is 93.3 Å². The van der Waals surface area contributed by atoms with Gasteiger partial charge >= 0.3 is 0 Å². The molecule has 2 rings (SSSR count). The van der Waals surface area contributed by atoms with Crippen LogP contribution in [-0.4, -0.2) is 30.3 Å². The van der Waals surface area contributed by atoms with Crippen molar-refractivity contribution < 1.29 is 9.47 Å². The molecule has 0 bridgehead atoms. The van der Waals surface area contributed by atoms with Gasteiger partial charge in [-0.05, 0) is 12.5 Å². The van der Waals surface area contributed by atoms with Gasteiger partial charge in [-0.25, -0.2) is 4.98 Å².